The first-order chi connectivity index (χ1) is 30.1. The number of hydrazone groups is 1. The molecule has 18 nitrogen and oxygen atoms in total. The molecule has 0 aliphatic carbocycles. The Morgan fingerprint density at radius 3 is 2.11 bits per heavy atom. The topological polar surface area (TPSA) is 250 Å². The van der Waals surface area contributed by atoms with E-state index in [1.165, 1.54) is 52.5 Å². The maximum Gasteiger partial charge on any atom is 0.344 e. The lowest BCUT2D eigenvalue weighted by atomic mass is 9.78. The van der Waals surface area contributed by atoms with E-state index in [4.69, 9.17) is 23.3 Å². The van der Waals surface area contributed by atoms with E-state index in [0.29, 0.717) is 26.2 Å². The van der Waals surface area contributed by atoms with Crippen molar-refractivity contribution in [3.05, 3.63) is 52.8 Å². The van der Waals surface area contributed by atoms with Gasteiger partial charge in [0.2, 0.25) is 0 Å². The molecule has 1 amide bonds. The number of methoxy groups -OCH3 is 1. The molecule has 4 heterocycles. The van der Waals surface area contributed by atoms with Gasteiger partial charge in [-0.25, -0.2) is 0 Å². The number of carbonyl (C=O) groups excluding carboxylic acids is 2. The number of hydrogen-bond acceptors (Lipinski definition) is 17. The highest BCUT2D eigenvalue weighted by Crippen LogP contribution is 2.55. The second-order valence-electron chi connectivity index (χ2n) is 16.9. The summed E-state index contributed by atoms with van der Waals surface area (Å²) < 4.78 is 41.8. The van der Waals surface area contributed by atoms with Gasteiger partial charge in [-0.05, 0) is 33.8 Å². The van der Waals surface area contributed by atoms with Gasteiger partial charge >= 0.3 is 13.4 Å². The van der Waals surface area contributed by atoms with Gasteiger partial charge in [-0.15, -0.1) is 0 Å². The van der Waals surface area contributed by atoms with Gasteiger partial charge in [0.05, 0.1) is 72.3 Å². The number of fused-ring (bicyclic) bond motifs is 14. The fourth-order valence-corrected chi connectivity index (χ4v) is 10.2. The molecule has 0 radical (unpaired) electrons. The monoisotopic (exact) mass is 916 g/mol. The van der Waals surface area contributed by atoms with Gasteiger partial charge in [-0.1, -0.05) is 45.9 Å². The molecule has 6 rings (SSSR count). The van der Waals surface area contributed by atoms with Crippen LogP contribution in [-0.2, 0) is 27.9 Å². The first-order valence-electron chi connectivity index (χ1n) is 21.6. The summed E-state index contributed by atoms with van der Waals surface area (Å²) in [5.41, 5.74) is -0.541. The van der Waals surface area contributed by atoms with Crippen LogP contribution in [0.2, 0.25) is 0 Å². The second-order valence-corrected chi connectivity index (χ2v) is 19.0. The molecule has 4 aliphatic rings. The van der Waals surface area contributed by atoms with E-state index >= 15 is 0 Å². The first kappa shape index (κ1) is 50.5. The number of rotatable bonds is 9. The zero-order valence-electron chi connectivity index (χ0n) is 38.3. The van der Waals surface area contributed by atoms with Gasteiger partial charge in [0, 0.05) is 80.4 Å². The van der Waals surface area contributed by atoms with Crippen molar-refractivity contribution in [1.82, 2.24) is 9.91 Å². The summed E-state index contributed by atoms with van der Waals surface area (Å²) in [5, 5.41) is 78.1. The third-order valence-corrected chi connectivity index (χ3v) is 14.5. The third kappa shape index (κ3) is 10.3. The highest BCUT2D eigenvalue weighted by atomic mass is 31.2. The lowest BCUT2D eigenvalue weighted by Crippen LogP contribution is -2.44. The number of piperazine rings is 1. The highest BCUT2D eigenvalue weighted by Gasteiger charge is 2.50. The lowest BCUT2D eigenvalue weighted by Gasteiger charge is -2.36. The number of ketones is 1. The third-order valence-electron chi connectivity index (χ3n) is 12.5. The number of ether oxygens (including phenoxy) is 3. The molecule has 64 heavy (non-hydrogen) atoms. The summed E-state index contributed by atoms with van der Waals surface area (Å²) in [6.45, 7) is 16.6. The number of nitrogens with one attached hydrogen (secondary N) is 1. The minimum atomic E-state index is -3.35. The van der Waals surface area contributed by atoms with Gasteiger partial charge in [0.1, 0.15) is 23.5 Å². The van der Waals surface area contributed by atoms with Crippen LogP contribution in [0.15, 0.2) is 41.2 Å². The average Bonchev–Trinajstić information content (AvgIpc) is 3.52. The molecule has 7 N–H and O–H groups in total. The summed E-state index contributed by atoms with van der Waals surface area (Å²) in [6, 6.07) is 0. The van der Waals surface area contributed by atoms with Crippen LogP contribution in [0.25, 0.3) is 10.8 Å². The van der Waals surface area contributed by atoms with E-state index in [1.807, 2.05) is 4.90 Å². The summed E-state index contributed by atoms with van der Waals surface area (Å²) in [7, 11) is -1.93. The molecule has 354 valence electrons. The number of amides is 1. The number of carbonyl (C=O) groups is 2. The van der Waals surface area contributed by atoms with Crippen molar-refractivity contribution in [3.8, 4) is 23.0 Å². The number of nitrogens with zero attached hydrogens (tertiary/aromatic N) is 3. The zero-order chi connectivity index (χ0) is 47.4. The first-order valence-corrected chi connectivity index (χ1v) is 23.4. The van der Waals surface area contributed by atoms with Crippen LogP contribution in [-0.4, -0.2) is 141 Å². The van der Waals surface area contributed by atoms with Crippen LogP contribution >= 0.6 is 7.60 Å². The van der Waals surface area contributed by atoms with E-state index < -0.39 is 90.4 Å². The fraction of sp³-hybridized carbons (Fsp3) is 0.578. The van der Waals surface area contributed by atoms with Crippen LogP contribution in [0.5, 0.6) is 23.0 Å². The van der Waals surface area contributed by atoms with Crippen molar-refractivity contribution in [2.24, 2.45) is 28.8 Å². The lowest BCUT2D eigenvalue weighted by molar-refractivity contribution is -0.112. The number of hydrogen-bond donors (Lipinski definition) is 7. The van der Waals surface area contributed by atoms with Gasteiger partial charge in [0.25, 0.3) is 11.7 Å². The average molecular weight is 917 g/mol. The Labute approximate surface area is 374 Å². The Balaban J connectivity index is 1.63. The van der Waals surface area contributed by atoms with E-state index in [2.05, 4.69) is 10.4 Å². The number of Topliss-reactive ketones (excluding diaryl/α,β-unsaturated/α-hetero) is 1. The largest absolute Gasteiger partial charge is 0.507 e. The molecule has 4 aliphatic heterocycles. The van der Waals surface area contributed by atoms with Crippen LogP contribution in [0, 0.1) is 30.6 Å². The predicted octanol–water partition coefficient (Wildman–Crippen LogP) is 5.36. The molecule has 5 bridgehead atoms. The van der Waals surface area contributed by atoms with Crippen molar-refractivity contribution < 1.29 is 68.1 Å². The van der Waals surface area contributed by atoms with E-state index in [9.17, 15) is 44.8 Å². The number of aliphatic hydroxyl groups is 3. The van der Waals surface area contributed by atoms with Crippen LogP contribution < -0.4 is 10.1 Å². The zero-order valence-corrected chi connectivity index (χ0v) is 39.2. The van der Waals surface area contributed by atoms with Gasteiger partial charge in [-0.2, -0.15) is 5.10 Å². The Kier molecular flexibility index (Phi) is 16.4. The Morgan fingerprint density at radius 2 is 1.50 bits per heavy atom. The number of allylic oxidation sites excluding steroid dienone is 2. The molecule has 9 atom stereocenters. The minimum absolute atomic E-state index is 0.0352. The maximum atomic E-state index is 14.5. The highest BCUT2D eigenvalue weighted by molar-refractivity contribution is 7.53. The molecule has 0 unspecified atom stereocenters. The van der Waals surface area contributed by atoms with Crippen molar-refractivity contribution in [1.29, 1.82) is 0 Å². The standard InChI is InChI=1S/C45H65N4O14P/c1-11-61-64(58,62-12-2)23-48-17-19-49(20-18-48)46-22-30-35-41(55)33-32(40(30)54)34-42(29(8)39(33)53)63-45(9,43(34)56)60-21-16-31(59-10)26(5)37(51)28(7)38(52)27(6)36(50)24(3)14-13-15-25(4)44(57)47-35/h13-16,21-22,24,26-28,31,36-38,50-55H,11-12,17-20,23H2,1-10H3,(H,47,57)/t24-,26-,27-,28+,31+,36-,37-,38+,45+/m1/s1. The summed E-state index contributed by atoms with van der Waals surface area (Å²) >= 11 is 0. The van der Waals surface area contributed by atoms with E-state index in [-0.39, 0.29) is 64.0 Å². The number of benzene rings is 2. The number of anilines is 1. The SMILES string of the molecule is CCOP(=O)(CN1CCN(N=Cc2c3c(O)c4c(O)c(C)c5c(c4c2O)C(=O)[C@@](C)(OC=C[C@H](OC)[C@@H](C)[C@@H](O)[C@H](C)[C@@H](O)[C@H](C)[C@H](O)[C@H](C)C=CC=C(C)C(=O)N3)O5)CC1)OCC. The molecule has 1 saturated heterocycles. The predicted molar refractivity (Wildman–Crippen MR) is 241 cm³/mol. The smallest absolute Gasteiger partial charge is 0.344 e. The fourth-order valence-electron chi connectivity index (χ4n) is 8.37. The van der Waals surface area contributed by atoms with E-state index in [0.717, 1.165) is 0 Å². The number of aliphatic hydroxyl groups excluding tert-OH is 3. The van der Waals surface area contributed by atoms with Crippen molar-refractivity contribution in [3.63, 3.8) is 0 Å². The Bertz CT molecular complexity index is 2210. The quantitative estimate of drug-likeness (QED) is 0.0724. The normalized spacial score (nSPS) is 29.1. The van der Waals surface area contributed by atoms with Crippen LogP contribution in [0.3, 0.4) is 0 Å². The molecule has 2 aromatic rings. The van der Waals surface area contributed by atoms with Gasteiger partial charge in [0.15, 0.2) is 5.75 Å². The molecule has 0 saturated carbocycles. The number of aromatic hydroxyl groups is 3. The molecule has 2 aromatic carbocycles. The van der Waals surface area contributed by atoms with Crippen molar-refractivity contribution in [2.45, 2.75) is 92.5 Å². The van der Waals surface area contributed by atoms with Gasteiger partial charge in [-0.3, -0.25) is 24.1 Å². The van der Waals surface area contributed by atoms with Crippen LogP contribution in [0.1, 0.15) is 76.9 Å². The molecule has 1 fully saturated rings. The number of phenolic OH excluding ortho intramolecular Hbond substituents is 3. The minimum Gasteiger partial charge on any atom is -0.507 e. The summed E-state index contributed by atoms with van der Waals surface area (Å²) in [6.07, 6.45) is 4.62. The Hall–Kier alpha value is -4.52. The van der Waals surface area contributed by atoms with Gasteiger partial charge < -0.3 is 59.2 Å². The summed E-state index contributed by atoms with van der Waals surface area (Å²) in [5.74, 6) is -8.01. The molecular weight excluding hydrogens is 851 g/mol. The van der Waals surface area contributed by atoms with Crippen molar-refractivity contribution >= 4 is 42.0 Å². The van der Waals surface area contributed by atoms with Crippen molar-refractivity contribution in [2.75, 3.05) is 58.1 Å². The number of phenols is 3. The molecule has 0 aromatic heterocycles. The summed E-state index contributed by atoms with van der Waals surface area (Å²) in [4.78, 5) is 30.2. The Morgan fingerprint density at radius 1 is 0.891 bits per heavy atom. The molecule has 0 spiro atoms. The van der Waals surface area contributed by atoms with E-state index in [1.54, 1.807) is 58.7 Å². The molecular formula is C45H65N4O14P. The second kappa shape index (κ2) is 20.8. The molecule has 19 heteroatoms. The van der Waals surface area contributed by atoms with Crippen LogP contribution in [0.4, 0.5) is 5.69 Å². The maximum absolute atomic E-state index is 14.5.